The third-order valence-corrected chi connectivity index (χ3v) is 3.89. The molecule has 0 saturated heterocycles. The second-order valence-corrected chi connectivity index (χ2v) is 5.73. The normalized spacial score (nSPS) is 12.9. The van der Waals surface area contributed by atoms with Crippen molar-refractivity contribution >= 4 is 33.4 Å². The summed E-state index contributed by atoms with van der Waals surface area (Å²) in [7, 11) is 0. The monoisotopic (exact) mass is 380 g/mol. The summed E-state index contributed by atoms with van der Waals surface area (Å²) in [4.78, 5) is 0. The molecule has 0 N–H and O–H groups in total. The number of hydrogen-bond acceptors (Lipinski definition) is 1. The lowest BCUT2D eigenvalue weighted by Crippen LogP contribution is -2.10. The minimum Gasteiger partial charge on any atom is -0.492 e. The maximum absolute atomic E-state index is 6.08. The van der Waals surface area contributed by atoms with E-state index in [2.05, 4.69) is 82.1 Å². The van der Waals surface area contributed by atoms with Crippen LogP contribution in [0.25, 0.3) is 10.8 Å². The number of hydrogen-bond donors (Lipinski definition) is 0. The molecule has 0 aromatic heterocycles. The molecule has 2 aromatic rings. The van der Waals surface area contributed by atoms with Crippen LogP contribution >= 0.6 is 22.6 Å². The molecule has 106 valence electrons. The third kappa shape index (κ3) is 4.23. The van der Waals surface area contributed by atoms with Gasteiger partial charge in [0.1, 0.15) is 5.75 Å². The molecular formula is C18H21IO. The van der Waals surface area contributed by atoms with Gasteiger partial charge in [0.25, 0.3) is 0 Å². The van der Waals surface area contributed by atoms with Gasteiger partial charge < -0.3 is 4.74 Å². The first-order valence-corrected chi connectivity index (χ1v) is 8.47. The van der Waals surface area contributed by atoms with Crippen LogP contribution in [0.1, 0.15) is 26.2 Å². The van der Waals surface area contributed by atoms with Gasteiger partial charge in [0.05, 0.1) is 6.61 Å². The number of unbranched alkanes of at least 4 members (excludes halogenated alkanes) is 1. The summed E-state index contributed by atoms with van der Waals surface area (Å²) in [6.07, 6.45) is 5.94. The van der Waals surface area contributed by atoms with Gasteiger partial charge in [-0.05, 0) is 22.0 Å². The lowest BCUT2D eigenvalue weighted by atomic mass is 10.0. The highest BCUT2D eigenvalue weighted by molar-refractivity contribution is 14.1. The summed E-state index contributed by atoms with van der Waals surface area (Å²) in [5, 5.41) is 2.43. The number of rotatable bonds is 7. The van der Waals surface area contributed by atoms with Gasteiger partial charge >= 0.3 is 0 Å². The molecule has 0 amide bonds. The second-order valence-electron chi connectivity index (χ2n) is 5.01. The largest absolute Gasteiger partial charge is 0.492 e. The Morgan fingerprint density at radius 2 is 1.95 bits per heavy atom. The van der Waals surface area contributed by atoms with Crippen LogP contribution in [0.15, 0.2) is 52.6 Å². The smallest absolute Gasteiger partial charge is 0.127 e. The van der Waals surface area contributed by atoms with E-state index in [0.29, 0.717) is 5.92 Å². The zero-order valence-electron chi connectivity index (χ0n) is 11.9. The Bertz CT molecular complexity index is 557. The SMILES string of the molecule is CCCCC(C=CI)COc1cccc2ccccc12. The van der Waals surface area contributed by atoms with Gasteiger partial charge in [-0.3, -0.25) is 0 Å². The van der Waals surface area contributed by atoms with Crippen LogP contribution in [0.2, 0.25) is 0 Å². The predicted molar refractivity (Wildman–Crippen MR) is 95.6 cm³/mol. The van der Waals surface area contributed by atoms with Gasteiger partial charge in [0.2, 0.25) is 0 Å². The van der Waals surface area contributed by atoms with Crippen LogP contribution in [0.3, 0.4) is 0 Å². The molecule has 0 bridgehead atoms. The van der Waals surface area contributed by atoms with E-state index in [1.165, 1.54) is 30.0 Å². The second kappa shape index (κ2) is 8.30. The minimum atomic E-state index is 0.505. The highest BCUT2D eigenvalue weighted by atomic mass is 127. The van der Waals surface area contributed by atoms with Crippen molar-refractivity contribution in [1.29, 1.82) is 0 Å². The van der Waals surface area contributed by atoms with E-state index >= 15 is 0 Å². The Hall–Kier alpha value is -1.03. The Morgan fingerprint density at radius 1 is 1.15 bits per heavy atom. The van der Waals surface area contributed by atoms with Crippen molar-refractivity contribution in [2.45, 2.75) is 26.2 Å². The van der Waals surface area contributed by atoms with Gasteiger partial charge in [0.15, 0.2) is 0 Å². The molecule has 0 spiro atoms. The first-order chi connectivity index (χ1) is 9.85. The van der Waals surface area contributed by atoms with Crippen molar-refractivity contribution in [2.75, 3.05) is 6.61 Å². The van der Waals surface area contributed by atoms with Crippen LogP contribution in [0.5, 0.6) is 5.75 Å². The molecule has 0 heterocycles. The molecule has 0 fully saturated rings. The lowest BCUT2D eigenvalue weighted by Gasteiger charge is -2.15. The molecule has 1 unspecified atom stereocenters. The van der Waals surface area contributed by atoms with E-state index in [9.17, 15) is 0 Å². The Morgan fingerprint density at radius 3 is 2.75 bits per heavy atom. The van der Waals surface area contributed by atoms with Gasteiger partial charge in [-0.25, -0.2) is 0 Å². The van der Waals surface area contributed by atoms with E-state index in [1.807, 2.05) is 0 Å². The van der Waals surface area contributed by atoms with Gasteiger partial charge in [-0.2, -0.15) is 0 Å². The van der Waals surface area contributed by atoms with E-state index < -0.39 is 0 Å². The molecule has 0 radical (unpaired) electrons. The zero-order valence-corrected chi connectivity index (χ0v) is 14.0. The summed E-state index contributed by atoms with van der Waals surface area (Å²) >= 11 is 2.29. The maximum Gasteiger partial charge on any atom is 0.127 e. The summed E-state index contributed by atoms with van der Waals surface area (Å²) in [6.45, 7) is 2.99. The predicted octanol–water partition coefficient (Wildman–Crippen LogP) is 5.97. The topological polar surface area (TPSA) is 9.23 Å². The van der Waals surface area contributed by atoms with Crippen molar-refractivity contribution in [3.8, 4) is 5.75 Å². The van der Waals surface area contributed by atoms with Crippen molar-refractivity contribution in [1.82, 2.24) is 0 Å². The minimum absolute atomic E-state index is 0.505. The molecule has 2 heteroatoms. The molecule has 20 heavy (non-hydrogen) atoms. The summed E-state index contributed by atoms with van der Waals surface area (Å²) in [5.74, 6) is 1.50. The van der Waals surface area contributed by atoms with Crippen molar-refractivity contribution in [3.63, 3.8) is 0 Å². The van der Waals surface area contributed by atoms with Crippen LogP contribution in [0, 0.1) is 5.92 Å². The fourth-order valence-corrected chi connectivity index (χ4v) is 2.91. The molecule has 1 atom stereocenters. The number of fused-ring (bicyclic) bond motifs is 1. The molecule has 2 aromatic carbocycles. The van der Waals surface area contributed by atoms with Crippen LogP contribution in [-0.2, 0) is 0 Å². The molecular weight excluding hydrogens is 359 g/mol. The standard InChI is InChI=1S/C18H21IO/c1-2-3-7-15(12-13-19)14-20-18-11-6-9-16-8-4-5-10-17(16)18/h4-6,8-13,15H,2-3,7,14H2,1H3. The average molecular weight is 380 g/mol. The Labute approximate surface area is 135 Å². The summed E-state index contributed by atoms with van der Waals surface area (Å²) in [6, 6.07) is 14.6. The molecule has 2 rings (SSSR count). The van der Waals surface area contributed by atoms with Crippen LogP contribution in [-0.4, -0.2) is 6.61 Å². The average Bonchev–Trinajstić information content (AvgIpc) is 2.50. The first-order valence-electron chi connectivity index (χ1n) is 7.22. The van der Waals surface area contributed by atoms with Gasteiger partial charge in [0, 0.05) is 11.3 Å². The molecule has 0 aliphatic carbocycles. The van der Waals surface area contributed by atoms with E-state index in [1.54, 1.807) is 0 Å². The highest BCUT2D eigenvalue weighted by Crippen LogP contribution is 2.26. The van der Waals surface area contributed by atoms with Gasteiger partial charge in [-0.1, -0.05) is 84.8 Å². The Kier molecular flexibility index (Phi) is 6.37. The quantitative estimate of drug-likeness (QED) is 0.538. The lowest BCUT2D eigenvalue weighted by molar-refractivity contribution is 0.269. The molecule has 0 saturated carbocycles. The van der Waals surface area contributed by atoms with Crippen molar-refractivity contribution in [3.05, 3.63) is 52.6 Å². The number of ether oxygens (including phenoxy) is 1. The Balaban J connectivity index is 2.07. The molecule has 0 aliphatic heterocycles. The number of halogens is 1. The fourth-order valence-electron chi connectivity index (χ4n) is 2.32. The van der Waals surface area contributed by atoms with Crippen LogP contribution in [0.4, 0.5) is 0 Å². The number of benzene rings is 2. The fraction of sp³-hybridized carbons (Fsp3) is 0.333. The van der Waals surface area contributed by atoms with Crippen molar-refractivity contribution < 1.29 is 4.74 Å². The highest BCUT2D eigenvalue weighted by Gasteiger charge is 2.07. The first kappa shape index (κ1) is 15.4. The van der Waals surface area contributed by atoms with Crippen molar-refractivity contribution in [2.24, 2.45) is 5.92 Å². The third-order valence-electron chi connectivity index (χ3n) is 3.48. The van der Waals surface area contributed by atoms with Crippen LogP contribution < -0.4 is 4.74 Å². The maximum atomic E-state index is 6.08. The zero-order chi connectivity index (χ0) is 14.2. The molecule has 0 aliphatic rings. The van der Waals surface area contributed by atoms with E-state index in [0.717, 1.165) is 12.4 Å². The van der Waals surface area contributed by atoms with Gasteiger partial charge in [-0.15, -0.1) is 0 Å². The summed E-state index contributed by atoms with van der Waals surface area (Å²) < 4.78 is 8.18. The molecule has 1 nitrogen and oxygen atoms in total. The summed E-state index contributed by atoms with van der Waals surface area (Å²) in [5.41, 5.74) is 0. The van der Waals surface area contributed by atoms with E-state index in [4.69, 9.17) is 4.74 Å². The van der Waals surface area contributed by atoms with E-state index in [-0.39, 0.29) is 0 Å².